The summed E-state index contributed by atoms with van der Waals surface area (Å²) >= 11 is 6.07. The van der Waals surface area contributed by atoms with Crippen molar-refractivity contribution < 1.29 is 4.79 Å². The summed E-state index contributed by atoms with van der Waals surface area (Å²) in [7, 11) is 1.74. The number of nitrogens with two attached hydrogens (primary N) is 1. The number of amides is 1. The number of benzene rings is 1. The standard InChI is InChI=1S/C15H16ClN3O/c1-10(11-5-7-18-8-6-11)19(2)15(20)13-9-12(17)3-4-14(13)16/h3-10H,17H2,1-2H3. The summed E-state index contributed by atoms with van der Waals surface area (Å²) in [6.45, 7) is 1.95. The van der Waals surface area contributed by atoms with Gasteiger partial charge in [0.1, 0.15) is 0 Å². The van der Waals surface area contributed by atoms with Crippen LogP contribution < -0.4 is 5.73 Å². The number of aromatic nitrogens is 1. The molecule has 1 unspecified atom stereocenters. The van der Waals surface area contributed by atoms with Gasteiger partial charge in [0.25, 0.3) is 5.91 Å². The zero-order valence-corrected chi connectivity index (χ0v) is 12.1. The molecule has 1 heterocycles. The van der Waals surface area contributed by atoms with Crippen LogP contribution >= 0.6 is 11.6 Å². The summed E-state index contributed by atoms with van der Waals surface area (Å²) < 4.78 is 0. The summed E-state index contributed by atoms with van der Waals surface area (Å²) in [6, 6.07) is 8.59. The molecule has 0 aliphatic heterocycles. The number of halogens is 1. The molecule has 4 nitrogen and oxygen atoms in total. The first-order valence-electron chi connectivity index (χ1n) is 6.23. The van der Waals surface area contributed by atoms with Crippen LogP contribution in [0, 0.1) is 0 Å². The quantitative estimate of drug-likeness (QED) is 0.883. The molecule has 2 rings (SSSR count). The highest BCUT2D eigenvalue weighted by atomic mass is 35.5. The van der Waals surface area contributed by atoms with E-state index in [1.54, 1.807) is 42.5 Å². The van der Waals surface area contributed by atoms with Crippen molar-refractivity contribution in [3.8, 4) is 0 Å². The van der Waals surface area contributed by atoms with Gasteiger partial charge < -0.3 is 10.6 Å². The van der Waals surface area contributed by atoms with Crippen molar-refractivity contribution in [2.75, 3.05) is 12.8 Å². The average Bonchev–Trinajstić information content (AvgIpc) is 2.48. The van der Waals surface area contributed by atoms with E-state index in [2.05, 4.69) is 4.98 Å². The van der Waals surface area contributed by atoms with Gasteiger partial charge in [-0.3, -0.25) is 9.78 Å². The first-order chi connectivity index (χ1) is 9.50. The number of carbonyl (C=O) groups is 1. The Morgan fingerprint density at radius 3 is 2.60 bits per heavy atom. The van der Waals surface area contributed by atoms with Crippen LogP contribution in [-0.2, 0) is 0 Å². The normalized spacial score (nSPS) is 11.9. The number of carbonyl (C=O) groups excluding carboxylic acids is 1. The summed E-state index contributed by atoms with van der Waals surface area (Å²) in [6.07, 6.45) is 3.41. The van der Waals surface area contributed by atoms with Gasteiger partial charge in [-0.25, -0.2) is 0 Å². The molecule has 0 radical (unpaired) electrons. The average molecular weight is 290 g/mol. The fourth-order valence-electron chi connectivity index (χ4n) is 1.94. The maximum Gasteiger partial charge on any atom is 0.255 e. The zero-order chi connectivity index (χ0) is 14.7. The summed E-state index contributed by atoms with van der Waals surface area (Å²) in [5, 5.41) is 0.401. The molecule has 0 saturated heterocycles. The maximum atomic E-state index is 12.5. The highest BCUT2D eigenvalue weighted by Crippen LogP contribution is 2.24. The lowest BCUT2D eigenvalue weighted by Gasteiger charge is -2.25. The van der Waals surface area contributed by atoms with Crippen molar-refractivity contribution in [3.05, 3.63) is 58.9 Å². The van der Waals surface area contributed by atoms with Crippen LogP contribution in [0.4, 0.5) is 5.69 Å². The molecule has 0 aliphatic carbocycles. The van der Waals surface area contributed by atoms with Gasteiger partial charge in [-0.15, -0.1) is 0 Å². The van der Waals surface area contributed by atoms with E-state index >= 15 is 0 Å². The highest BCUT2D eigenvalue weighted by Gasteiger charge is 2.21. The number of hydrogen-bond acceptors (Lipinski definition) is 3. The number of hydrogen-bond donors (Lipinski definition) is 1. The van der Waals surface area contributed by atoms with Crippen molar-refractivity contribution in [1.29, 1.82) is 0 Å². The minimum Gasteiger partial charge on any atom is -0.399 e. The Labute approximate surface area is 123 Å². The van der Waals surface area contributed by atoms with Crippen molar-refractivity contribution in [2.45, 2.75) is 13.0 Å². The summed E-state index contributed by atoms with van der Waals surface area (Å²) in [5.74, 6) is -0.161. The third-order valence-electron chi connectivity index (χ3n) is 3.31. The maximum absolute atomic E-state index is 12.5. The number of nitrogen functional groups attached to an aromatic ring is 1. The Morgan fingerprint density at radius 2 is 1.95 bits per heavy atom. The molecule has 1 amide bonds. The van der Waals surface area contributed by atoms with Gasteiger partial charge in [-0.1, -0.05) is 11.6 Å². The van der Waals surface area contributed by atoms with E-state index in [1.165, 1.54) is 0 Å². The molecule has 2 aromatic rings. The Bertz CT molecular complexity index is 616. The van der Waals surface area contributed by atoms with Gasteiger partial charge in [0.2, 0.25) is 0 Å². The molecule has 5 heteroatoms. The molecule has 20 heavy (non-hydrogen) atoms. The second-order valence-electron chi connectivity index (χ2n) is 4.61. The SMILES string of the molecule is CC(c1ccncc1)N(C)C(=O)c1cc(N)ccc1Cl. The predicted octanol–water partition coefficient (Wildman–Crippen LogP) is 3.15. The second kappa shape index (κ2) is 5.92. The van der Waals surface area contributed by atoms with Crippen molar-refractivity contribution in [3.63, 3.8) is 0 Å². The number of anilines is 1. The Balaban J connectivity index is 2.27. The van der Waals surface area contributed by atoms with Crippen LogP contribution in [-0.4, -0.2) is 22.8 Å². The van der Waals surface area contributed by atoms with Gasteiger partial charge in [0.15, 0.2) is 0 Å². The van der Waals surface area contributed by atoms with Crippen molar-refractivity contribution >= 4 is 23.2 Å². The van der Waals surface area contributed by atoms with Crippen LogP contribution in [0.5, 0.6) is 0 Å². The molecule has 0 aliphatic rings. The number of nitrogens with zero attached hydrogens (tertiary/aromatic N) is 2. The highest BCUT2D eigenvalue weighted by molar-refractivity contribution is 6.34. The van der Waals surface area contributed by atoms with Crippen LogP contribution in [0.15, 0.2) is 42.7 Å². The summed E-state index contributed by atoms with van der Waals surface area (Å²) in [4.78, 5) is 18.1. The van der Waals surface area contributed by atoms with E-state index in [4.69, 9.17) is 17.3 Å². The fourth-order valence-corrected chi connectivity index (χ4v) is 2.14. The second-order valence-corrected chi connectivity index (χ2v) is 5.02. The minimum atomic E-state index is -0.161. The van der Waals surface area contributed by atoms with Gasteiger partial charge in [0, 0.05) is 25.1 Å². The number of rotatable bonds is 3. The molecule has 0 fully saturated rings. The van der Waals surface area contributed by atoms with Crippen LogP contribution in [0.3, 0.4) is 0 Å². The molecule has 0 spiro atoms. The summed E-state index contributed by atoms with van der Waals surface area (Å²) in [5.41, 5.74) is 7.65. The monoisotopic (exact) mass is 289 g/mol. The van der Waals surface area contributed by atoms with Crippen molar-refractivity contribution in [1.82, 2.24) is 9.88 Å². The van der Waals surface area contributed by atoms with Gasteiger partial charge in [-0.05, 0) is 42.8 Å². The fraction of sp³-hybridized carbons (Fsp3) is 0.200. The van der Waals surface area contributed by atoms with E-state index in [0.29, 0.717) is 16.3 Å². The molecule has 2 N–H and O–H groups in total. The van der Waals surface area contributed by atoms with Gasteiger partial charge >= 0.3 is 0 Å². The molecule has 1 aromatic carbocycles. The van der Waals surface area contributed by atoms with Gasteiger partial charge in [0.05, 0.1) is 16.6 Å². The first kappa shape index (κ1) is 14.3. The number of pyridine rings is 1. The predicted molar refractivity (Wildman–Crippen MR) is 80.6 cm³/mol. The molecule has 104 valence electrons. The third-order valence-corrected chi connectivity index (χ3v) is 3.64. The van der Waals surface area contributed by atoms with E-state index in [9.17, 15) is 4.79 Å². The lowest BCUT2D eigenvalue weighted by Crippen LogP contribution is -2.30. The molecule has 0 saturated carbocycles. The topological polar surface area (TPSA) is 59.2 Å². The Hall–Kier alpha value is -2.07. The van der Waals surface area contributed by atoms with Gasteiger partial charge in [-0.2, -0.15) is 0 Å². The molecular formula is C15H16ClN3O. The van der Waals surface area contributed by atoms with E-state index < -0.39 is 0 Å². The van der Waals surface area contributed by atoms with Crippen LogP contribution in [0.2, 0.25) is 5.02 Å². The molecule has 1 atom stereocenters. The minimum absolute atomic E-state index is 0.0806. The largest absolute Gasteiger partial charge is 0.399 e. The molecule has 1 aromatic heterocycles. The lowest BCUT2D eigenvalue weighted by atomic mass is 10.1. The third kappa shape index (κ3) is 2.91. The van der Waals surface area contributed by atoms with Crippen LogP contribution in [0.25, 0.3) is 0 Å². The smallest absolute Gasteiger partial charge is 0.255 e. The van der Waals surface area contributed by atoms with E-state index in [-0.39, 0.29) is 11.9 Å². The van der Waals surface area contributed by atoms with E-state index in [1.807, 2.05) is 19.1 Å². The lowest BCUT2D eigenvalue weighted by molar-refractivity contribution is 0.0743. The molecular weight excluding hydrogens is 274 g/mol. The first-order valence-corrected chi connectivity index (χ1v) is 6.60. The van der Waals surface area contributed by atoms with Crippen LogP contribution in [0.1, 0.15) is 28.9 Å². The molecule has 0 bridgehead atoms. The van der Waals surface area contributed by atoms with E-state index in [0.717, 1.165) is 5.56 Å². The Kier molecular flexibility index (Phi) is 4.25. The zero-order valence-electron chi connectivity index (χ0n) is 11.4. The van der Waals surface area contributed by atoms with Crippen molar-refractivity contribution in [2.24, 2.45) is 0 Å². The Morgan fingerprint density at radius 1 is 1.30 bits per heavy atom.